The zero-order chi connectivity index (χ0) is 18.1. The van der Waals surface area contributed by atoms with Crippen LogP contribution in [0.2, 0.25) is 0 Å². The van der Waals surface area contributed by atoms with Gasteiger partial charge in [0.2, 0.25) is 10.9 Å². The van der Waals surface area contributed by atoms with E-state index >= 15 is 0 Å². The minimum absolute atomic E-state index is 0.223. The van der Waals surface area contributed by atoms with Crippen LogP contribution in [0.15, 0.2) is 27.8 Å². The van der Waals surface area contributed by atoms with Crippen molar-refractivity contribution >= 4 is 11.7 Å². The predicted octanol–water partition coefficient (Wildman–Crippen LogP) is 2.35. The van der Waals surface area contributed by atoms with E-state index in [2.05, 4.69) is 0 Å². The predicted molar refractivity (Wildman–Crippen MR) is 97.8 cm³/mol. The highest BCUT2D eigenvalue weighted by molar-refractivity contribution is 5.84. The van der Waals surface area contributed by atoms with Crippen LogP contribution in [0.1, 0.15) is 30.9 Å². The van der Waals surface area contributed by atoms with Crippen LogP contribution < -0.4 is 15.8 Å². The summed E-state index contributed by atoms with van der Waals surface area (Å²) in [6.45, 7) is 7.24. The average molecular weight is 341 g/mol. The Labute approximate surface area is 146 Å². The Balaban J connectivity index is 1.92. The van der Waals surface area contributed by atoms with Crippen molar-refractivity contribution in [1.29, 1.82) is 0 Å². The number of hydrogen-bond donors (Lipinski definition) is 0. The maximum Gasteiger partial charge on any atom is 0.310 e. The fourth-order valence-electron chi connectivity index (χ4n) is 3.48. The molecule has 0 saturated carbocycles. The van der Waals surface area contributed by atoms with Gasteiger partial charge in [0.05, 0.1) is 18.1 Å². The Morgan fingerprint density at radius 2 is 1.96 bits per heavy atom. The minimum atomic E-state index is -0.447. The van der Waals surface area contributed by atoms with E-state index < -0.39 is 10.9 Å². The molecule has 132 valence electrons. The number of ether oxygens (including phenoxy) is 1. The quantitative estimate of drug-likeness (QED) is 0.631. The number of piperidine rings is 1. The van der Waals surface area contributed by atoms with Gasteiger partial charge in [-0.15, -0.1) is 0 Å². The lowest BCUT2D eigenvalue weighted by Gasteiger charge is -2.34. The summed E-state index contributed by atoms with van der Waals surface area (Å²) in [6, 6.07) is 5.79. The molecule has 0 aliphatic carbocycles. The lowest BCUT2D eigenvalue weighted by Crippen LogP contribution is -2.47. The third-order valence-electron chi connectivity index (χ3n) is 5.04. The number of esters is 1. The van der Waals surface area contributed by atoms with Crippen LogP contribution >= 0.6 is 0 Å². The maximum atomic E-state index is 12.2. The number of anilines is 1. The number of benzene rings is 1. The molecule has 2 aromatic carbocycles. The Hall–Kier alpha value is -2.43. The Kier molecular flexibility index (Phi) is 4.75. The first kappa shape index (κ1) is 17.4. The Bertz CT molecular complexity index is 876. The first-order valence-electron chi connectivity index (χ1n) is 8.76. The molecular formula is C20H23NO4. The van der Waals surface area contributed by atoms with Gasteiger partial charge in [0.1, 0.15) is 5.69 Å². The summed E-state index contributed by atoms with van der Waals surface area (Å²) < 4.78 is 5.12. The zero-order valence-corrected chi connectivity index (χ0v) is 14.9. The molecule has 3 rings (SSSR count). The van der Waals surface area contributed by atoms with E-state index in [9.17, 15) is 14.4 Å². The van der Waals surface area contributed by atoms with Crippen LogP contribution in [0.4, 0.5) is 5.69 Å². The highest BCUT2D eigenvalue weighted by Crippen LogP contribution is 2.31. The van der Waals surface area contributed by atoms with Crippen LogP contribution in [-0.4, -0.2) is 25.7 Å². The molecule has 1 atom stereocenters. The van der Waals surface area contributed by atoms with Gasteiger partial charge in [-0.25, -0.2) is 0 Å². The summed E-state index contributed by atoms with van der Waals surface area (Å²) in [7, 11) is 0. The number of carbonyl (C=O) groups excluding carboxylic acids is 1. The molecule has 0 aromatic heterocycles. The van der Waals surface area contributed by atoms with E-state index in [4.69, 9.17) is 4.74 Å². The van der Waals surface area contributed by atoms with Gasteiger partial charge in [-0.2, -0.15) is 0 Å². The summed E-state index contributed by atoms with van der Waals surface area (Å²) in [5, 5.41) is 0. The normalized spacial score (nSPS) is 17.7. The number of aryl methyl sites for hydroxylation is 2. The highest BCUT2D eigenvalue weighted by atomic mass is 16.5. The minimum Gasteiger partial charge on any atom is -0.466 e. The van der Waals surface area contributed by atoms with Crippen LogP contribution in [0.5, 0.6) is 0 Å². The Morgan fingerprint density at radius 3 is 2.64 bits per heavy atom. The molecular weight excluding hydrogens is 318 g/mol. The standard InChI is InChI=1S/C20H23NO4/c1-4-25-20(24)15-6-5-9-21(11-15)17-16(18(22)19(17)23)14-8-7-12(2)13(3)10-14/h7-8,10,15H,4-6,9,11H2,1-3H3. The summed E-state index contributed by atoms with van der Waals surface area (Å²) in [5.74, 6) is -0.468. The summed E-state index contributed by atoms with van der Waals surface area (Å²) in [4.78, 5) is 38.4. The van der Waals surface area contributed by atoms with Gasteiger partial charge in [0.25, 0.3) is 0 Å². The van der Waals surface area contributed by atoms with Crippen LogP contribution in [0.3, 0.4) is 0 Å². The van der Waals surface area contributed by atoms with Crippen molar-refractivity contribution in [1.82, 2.24) is 0 Å². The molecule has 1 fully saturated rings. The van der Waals surface area contributed by atoms with Gasteiger partial charge < -0.3 is 9.64 Å². The summed E-state index contributed by atoms with van der Waals surface area (Å²) in [5.41, 5.74) is 3.07. The molecule has 1 unspecified atom stereocenters. The monoisotopic (exact) mass is 341 g/mol. The fourth-order valence-corrected chi connectivity index (χ4v) is 3.48. The van der Waals surface area contributed by atoms with Crippen molar-refractivity contribution in [3.63, 3.8) is 0 Å². The lowest BCUT2D eigenvalue weighted by molar-refractivity contribution is -0.148. The van der Waals surface area contributed by atoms with Gasteiger partial charge in [-0.1, -0.05) is 18.2 Å². The van der Waals surface area contributed by atoms with E-state index in [1.54, 1.807) is 6.92 Å². The topological polar surface area (TPSA) is 63.7 Å². The van der Waals surface area contributed by atoms with Crippen molar-refractivity contribution < 1.29 is 9.53 Å². The van der Waals surface area contributed by atoms with E-state index in [1.807, 2.05) is 36.9 Å². The van der Waals surface area contributed by atoms with Crippen LogP contribution in [-0.2, 0) is 9.53 Å². The molecule has 0 amide bonds. The second-order valence-corrected chi connectivity index (χ2v) is 6.72. The first-order valence-corrected chi connectivity index (χ1v) is 8.76. The molecule has 1 heterocycles. The molecule has 0 spiro atoms. The highest BCUT2D eigenvalue weighted by Gasteiger charge is 2.33. The second kappa shape index (κ2) is 6.82. The molecule has 5 heteroatoms. The van der Waals surface area contributed by atoms with Crippen molar-refractivity contribution in [2.75, 3.05) is 24.6 Å². The number of carbonyl (C=O) groups is 1. The van der Waals surface area contributed by atoms with Crippen molar-refractivity contribution in [3.8, 4) is 11.1 Å². The largest absolute Gasteiger partial charge is 0.466 e. The number of nitrogens with zero attached hydrogens (tertiary/aromatic N) is 1. The molecule has 1 aliphatic rings. The van der Waals surface area contributed by atoms with Crippen LogP contribution in [0, 0.1) is 19.8 Å². The fraction of sp³-hybridized carbons (Fsp3) is 0.450. The molecule has 0 radical (unpaired) electrons. The third kappa shape index (κ3) is 3.11. The average Bonchev–Trinajstić information content (AvgIpc) is 2.61. The number of hydrogen-bond acceptors (Lipinski definition) is 5. The molecule has 0 N–H and O–H groups in total. The SMILES string of the molecule is CCOC(=O)C1CCCN(c2c(-c3ccc(C)c(C)c3)c(=O)c2=O)C1. The van der Waals surface area contributed by atoms with Gasteiger partial charge >= 0.3 is 5.97 Å². The lowest BCUT2D eigenvalue weighted by atomic mass is 9.92. The van der Waals surface area contributed by atoms with Crippen LogP contribution in [0.25, 0.3) is 11.1 Å². The zero-order valence-electron chi connectivity index (χ0n) is 14.9. The molecule has 2 aromatic rings. The molecule has 5 nitrogen and oxygen atoms in total. The van der Waals surface area contributed by atoms with Gasteiger partial charge in [0, 0.05) is 13.1 Å². The molecule has 1 saturated heterocycles. The van der Waals surface area contributed by atoms with Gasteiger partial charge in [-0.05, 0) is 50.3 Å². The van der Waals surface area contributed by atoms with E-state index in [0.717, 1.165) is 29.5 Å². The Morgan fingerprint density at radius 1 is 1.20 bits per heavy atom. The van der Waals surface area contributed by atoms with E-state index in [1.165, 1.54) is 0 Å². The first-order chi connectivity index (χ1) is 11.9. The molecule has 1 aliphatic heterocycles. The van der Waals surface area contributed by atoms with Crippen molar-refractivity contribution in [2.45, 2.75) is 33.6 Å². The van der Waals surface area contributed by atoms with Gasteiger partial charge in [0.15, 0.2) is 0 Å². The third-order valence-corrected chi connectivity index (χ3v) is 5.04. The smallest absolute Gasteiger partial charge is 0.310 e. The van der Waals surface area contributed by atoms with Crippen molar-refractivity contribution in [3.05, 3.63) is 49.8 Å². The number of rotatable bonds is 4. The molecule has 25 heavy (non-hydrogen) atoms. The molecule has 0 bridgehead atoms. The van der Waals surface area contributed by atoms with E-state index in [-0.39, 0.29) is 11.9 Å². The summed E-state index contributed by atoms with van der Waals surface area (Å²) >= 11 is 0. The van der Waals surface area contributed by atoms with E-state index in [0.29, 0.717) is 30.9 Å². The second-order valence-electron chi connectivity index (χ2n) is 6.72. The van der Waals surface area contributed by atoms with Crippen molar-refractivity contribution in [2.24, 2.45) is 5.92 Å². The summed E-state index contributed by atoms with van der Waals surface area (Å²) in [6.07, 6.45) is 1.55. The maximum absolute atomic E-state index is 12.2. The van der Waals surface area contributed by atoms with Gasteiger partial charge in [-0.3, -0.25) is 14.4 Å².